The average Bonchev–Trinajstić information content (AvgIpc) is 3.06. The number of hydrogen-bond acceptors (Lipinski definition) is 4. The van der Waals surface area contributed by atoms with Gasteiger partial charge in [0.1, 0.15) is 0 Å². The van der Waals surface area contributed by atoms with Crippen molar-refractivity contribution in [1.29, 1.82) is 0 Å². The number of hydrogen-bond donors (Lipinski definition) is 3. The minimum atomic E-state index is -0.500. The van der Waals surface area contributed by atoms with E-state index in [-0.39, 0.29) is 34.2 Å². The molecule has 7 aliphatic rings. The molecule has 1 aliphatic heterocycles. The molecule has 6 aliphatic carbocycles. The Bertz CT molecular complexity index is 695. The minimum absolute atomic E-state index is 0.0155. The van der Waals surface area contributed by atoms with Crippen LogP contribution in [0.5, 0.6) is 0 Å². The highest BCUT2D eigenvalue weighted by atomic mass is 16.3. The summed E-state index contributed by atoms with van der Waals surface area (Å²) < 4.78 is 0. The smallest absolute Gasteiger partial charge is 0.0814 e. The lowest BCUT2D eigenvalue weighted by atomic mass is 9.38. The molecule has 4 heteroatoms. The maximum Gasteiger partial charge on any atom is 0.0814 e. The molecular weight excluding hydrogens is 326 g/mol. The summed E-state index contributed by atoms with van der Waals surface area (Å²) in [6.07, 6.45) is 3.73. The van der Waals surface area contributed by atoms with Gasteiger partial charge in [-0.15, -0.1) is 0 Å². The number of nitrogens with zero attached hydrogens (tertiary/aromatic N) is 1. The molecule has 7 fully saturated rings. The second-order valence-electron chi connectivity index (χ2n) is 10.8. The molecule has 11 atom stereocenters. The monoisotopic (exact) mass is 359 g/mol. The summed E-state index contributed by atoms with van der Waals surface area (Å²) in [5, 5.41) is 34.4. The van der Waals surface area contributed by atoms with Gasteiger partial charge in [0.05, 0.1) is 18.3 Å². The molecule has 6 saturated carbocycles. The van der Waals surface area contributed by atoms with Gasteiger partial charge in [0.15, 0.2) is 0 Å². The SMILES string of the molecule is C=C1[C@H]2CC[C@]3([C@@H]1O)[C@@H]1C[C@@H]4[C@@]5(C)CC[C@H](O)[C@@]4(C1N(CC)C5)[C@@H]3[C@H]2O. The summed E-state index contributed by atoms with van der Waals surface area (Å²) in [5.41, 5.74) is 0.616. The van der Waals surface area contributed by atoms with Crippen molar-refractivity contribution in [3.05, 3.63) is 12.2 Å². The lowest BCUT2D eigenvalue weighted by Crippen LogP contribution is -2.72. The van der Waals surface area contributed by atoms with Crippen molar-refractivity contribution in [2.45, 2.75) is 70.3 Å². The molecule has 0 aromatic rings. The van der Waals surface area contributed by atoms with Crippen molar-refractivity contribution in [2.75, 3.05) is 13.1 Å². The lowest BCUT2D eigenvalue weighted by Gasteiger charge is -2.69. The summed E-state index contributed by atoms with van der Waals surface area (Å²) in [4.78, 5) is 2.62. The zero-order valence-electron chi connectivity index (χ0n) is 16.1. The topological polar surface area (TPSA) is 63.9 Å². The standard InChI is InChI=1S/C22H33NO3/c1-4-23-10-20(3)7-6-15(24)22-14(20)9-13(18(22)23)21-8-5-12(11(2)19(21)26)16(25)17(21)22/h12-19,24-26H,2,4-10H2,1,3H3/t12-,13-,14-,15+,16+,17-,18?,19-,20+,21+,22-/m1/s1. The van der Waals surface area contributed by atoms with Crippen LogP contribution in [0.2, 0.25) is 0 Å². The molecule has 4 nitrogen and oxygen atoms in total. The van der Waals surface area contributed by atoms with E-state index in [0.29, 0.717) is 17.9 Å². The van der Waals surface area contributed by atoms with Crippen LogP contribution in [0.15, 0.2) is 12.2 Å². The van der Waals surface area contributed by atoms with E-state index in [1.165, 1.54) is 0 Å². The molecule has 2 spiro atoms. The summed E-state index contributed by atoms with van der Waals surface area (Å²) in [5.74, 6) is 0.921. The molecule has 1 unspecified atom stereocenters. The molecule has 7 bridgehead atoms. The molecule has 26 heavy (non-hydrogen) atoms. The van der Waals surface area contributed by atoms with Crippen molar-refractivity contribution < 1.29 is 15.3 Å². The lowest BCUT2D eigenvalue weighted by molar-refractivity contribution is -0.256. The molecule has 0 amide bonds. The minimum Gasteiger partial charge on any atom is -0.392 e. The van der Waals surface area contributed by atoms with E-state index in [2.05, 4.69) is 25.3 Å². The molecule has 0 radical (unpaired) electrons. The number of likely N-dealkylation sites (tertiary alicyclic amines) is 1. The second kappa shape index (κ2) is 4.59. The van der Waals surface area contributed by atoms with Crippen LogP contribution in [-0.2, 0) is 0 Å². The van der Waals surface area contributed by atoms with Gasteiger partial charge in [0.25, 0.3) is 0 Å². The van der Waals surface area contributed by atoms with E-state index in [0.717, 1.165) is 50.8 Å². The number of rotatable bonds is 1. The van der Waals surface area contributed by atoms with E-state index in [4.69, 9.17) is 0 Å². The molecule has 1 heterocycles. The van der Waals surface area contributed by atoms with Gasteiger partial charge in [-0.05, 0) is 61.5 Å². The fraction of sp³-hybridized carbons (Fsp3) is 0.909. The molecule has 1 saturated heterocycles. The van der Waals surface area contributed by atoms with E-state index >= 15 is 0 Å². The normalized spacial score (nSPS) is 65.5. The van der Waals surface area contributed by atoms with Gasteiger partial charge in [0, 0.05) is 35.3 Å². The Labute approximate surface area is 156 Å². The van der Waals surface area contributed by atoms with Crippen LogP contribution in [0.1, 0.15) is 46.0 Å². The van der Waals surface area contributed by atoms with Crippen molar-refractivity contribution in [3.8, 4) is 0 Å². The van der Waals surface area contributed by atoms with Gasteiger partial charge >= 0.3 is 0 Å². The highest BCUT2D eigenvalue weighted by molar-refractivity contribution is 5.39. The summed E-state index contributed by atoms with van der Waals surface area (Å²) >= 11 is 0. The van der Waals surface area contributed by atoms with Crippen LogP contribution in [0, 0.1) is 39.9 Å². The Kier molecular flexibility index (Phi) is 2.92. The van der Waals surface area contributed by atoms with Gasteiger partial charge in [-0.2, -0.15) is 0 Å². The first-order chi connectivity index (χ1) is 12.3. The summed E-state index contributed by atoms with van der Waals surface area (Å²) in [7, 11) is 0. The van der Waals surface area contributed by atoms with Crippen molar-refractivity contribution >= 4 is 0 Å². The third-order valence-electron chi connectivity index (χ3n) is 10.5. The number of fused-ring (bicyclic) bond motifs is 2. The molecule has 144 valence electrons. The first kappa shape index (κ1) is 16.5. The number of aliphatic hydroxyl groups is 3. The molecule has 0 aromatic heterocycles. The quantitative estimate of drug-likeness (QED) is 0.625. The maximum atomic E-state index is 11.5. The fourth-order valence-electron chi connectivity index (χ4n) is 10.0. The highest BCUT2D eigenvalue weighted by Gasteiger charge is 2.86. The number of piperidine rings is 1. The molecular formula is C22H33NO3. The average molecular weight is 360 g/mol. The van der Waals surface area contributed by atoms with Crippen molar-refractivity contribution in [3.63, 3.8) is 0 Å². The predicted molar refractivity (Wildman–Crippen MR) is 98.2 cm³/mol. The zero-order chi connectivity index (χ0) is 18.2. The van der Waals surface area contributed by atoms with Crippen LogP contribution in [-0.4, -0.2) is 57.7 Å². The Morgan fingerprint density at radius 1 is 1.19 bits per heavy atom. The molecule has 0 aromatic carbocycles. The Balaban J connectivity index is 1.63. The summed E-state index contributed by atoms with van der Waals surface area (Å²) in [6, 6.07) is 0.319. The predicted octanol–water partition coefficient (Wildman–Crippen LogP) is 1.79. The van der Waals surface area contributed by atoms with Crippen LogP contribution < -0.4 is 0 Å². The van der Waals surface area contributed by atoms with E-state index in [9.17, 15) is 15.3 Å². The maximum absolute atomic E-state index is 11.5. The van der Waals surface area contributed by atoms with Gasteiger partial charge in [0.2, 0.25) is 0 Å². The van der Waals surface area contributed by atoms with Gasteiger partial charge in [-0.1, -0.05) is 20.4 Å². The van der Waals surface area contributed by atoms with E-state index < -0.39 is 12.2 Å². The molecule has 3 N–H and O–H groups in total. The van der Waals surface area contributed by atoms with Crippen LogP contribution in [0.3, 0.4) is 0 Å². The van der Waals surface area contributed by atoms with Gasteiger partial charge < -0.3 is 15.3 Å². The van der Waals surface area contributed by atoms with Crippen molar-refractivity contribution in [2.24, 2.45) is 39.9 Å². The van der Waals surface area contributed by atoms with Crippen LogP contribution in [0.25, 0.3) is 0 Å². The van der Waals surface area contributed by atoms with E-state index in [1.54, 1.807) is 0 Å². The Hall–Kier alpha value is -0.420. The van der Waals surface area contributed by atoms with Gasteiger partial charge in [-0.25, -0.2) is 0 Å². The zero-order valence-corrected chi connectivity index (χ0v) is 16.1. The largest absolute Gasteiger partial charge is 0.392 e. The van der Waals surface area contributed by atoms with Gasteiger partial charge in [-0.3, -0.25) is 4.90 Å². The second-order valence-corrected chi connectivity index (χ2v) is 10.8. The van der Waals surface area contributed by atoms with Crippen LogP contribution in [0.4, 0.5) is 0 Å². The fourth-order valence-corrected chi connectivity index (χ4v) is 10.0. The first-order valence-corrected chi connectivity index (χ1v) is 10.8. The van der Waals surface area contributed by atoms with E-state index in [1.807, 2.05) is 0 Å². The number of aliphatic hydroxyl groups excluding tert-OH is 3. The third kappa shape index (κ3) is 1.34. The Morgan fingerprint density at radius 3 is 2.69 bits per heavy atom. The van der Waals surface area contributed by atoms with Crippen molar-refractivity contribution in [1.82, 2.24) is 4.90 Å². The Morgan fingerprint density at radius 2 is 1.96 bits per heavy atom. The third-order valence-corrected chi connectivity index (χ3v) is 10.5. The van der Waals surface area contributed by atoms with Crippen LogP contribution >= 0.6 is 0 Å². The summed E-state index contributed by atoms with van der Waals surface area (Å²) in [6.45, 7) is 11.0. The first-order valence-electron chi connectivity index (χ1n) is 10.8. The highest BCUT2D eigenvalue weighted by Crippen LogP contribution is 2.83. The molecule has 7 rings (SSSR count).